The van der Waals surface area contributed by atoms with Crippen molar-refractivity contribution < 1.29 is 19.0 Å². The van der Waals surface area contributed by atoms with Crippen LogP contribution in [0.5, 0.6) is 17.2 Å². The Labute approximate surface area is 176 Å². The predicted molar refractivity (Wildman–Crippen MR) is 116 cm³/mol. The van der Waals surface area contributed by atoms with E-state index in [2.05, 4.69) is 10.4 Å². The summed E-state index contributed by atoms with van der Waals surface area (Å²) < 4.78 is 18.9. The highest BCUT2D eigenvalue weighted by molar-refractivity contribution is 6.05. The standard InChI is InChI=1S/C23H27N3O4/c1-4-28-20-14-18(15-21(29-5-2)22(20)30-6-3)23(27)25-19-10-7-9-17(13-19)16-26-12-8-11-24-26/h7-15H,4-6,16H2,1-3H3,(H,25,27). The summed E-state index contributed by atoms with van der Waals surface area (Å²) in [6.07, 6.45) is 3.64. The summed E-state index contributed by atoms with van der Waals surface area (Å²) in [6.45, 7) is 7.65. The fraction of sp³-hybridized carbons (Fsp3) is 0.304. The number of nitrogens with one attached hydrogen (secondary N) is 1. The molecule has 2 aromatic carbocycles. The van der Waals surface area contributed by atoms with Gasteiger partial charge in [-0.05, 0) is 56.7 Å². The maximum Gasteiger partial charge on any atom is 0.255 e. The first kappa shape index (κ1) is 21.2. The van der Waals surface area contributed by atoms with Crippen molar-refractivity contribution in [1.82, 2.24) is 9.78 Å². The van der Waals surface area contributed by atoms with Gasteiger partial charge in [-0.1, -0.05) is 12.1 Å². The lowest BCUT2D eigenvalue weighted by Crippen LogP contribution is -2.13. The summed E-state index contributed by atoms with van der Waals surface area (Å²) in [6, 6.07) is 12.9. The second kappa shape index (κ2) is 10.3. The van der Waals surface area contributed by atoms with Gasteiger partial charge in [0.2, 0.25) is 5.75 Å². The van der Waals surface area contributed by atoms with Crippen LogP contribution in [0, 0.1) is 0 Å². The molecule has 1 N–H and O–H groups in total. The van der Waals surface area contributed by atoms with E-state index in [1.807, 2.05) is 62.0 Å². The Bertz CT molecular complexity index is 943. The topological polar surface area (TPSA) is 74.6 Å². The molecule has 1 amide bonds. The molecule has 0 bridgehead atoms. The zero-order valence-electron chi connectivity index (χ0n) is 17.6. The minimum atomic E-state index is -0.254. The molecule has 30 heavy (non-hydrogen) atoms. The molecule has 0 atom stereocenters. The zero-order chi connectivity index (χ0) is 21.3. The first-order chi connectivity index (χ1) is 14.6. The Morgan fingerprint density at radius 3 is 2.27 bits per heavy atom. The fourth-order valence-electron chi connectivity index (χ4n) is 3.05. The van der Waals surface area contributed by atoms with Crippen LogP contribution in [0.1, 0.15) is 36.7 Å². The highest BCUT2D eigenvalue weighted by Crippen LogP contribution is 2.39. The number of benzene rings is 2. The highest BCUT2D eigenvalue weighted by atomic mass is 16.5. The van der Waals surface area contributed by atoms with Crippen LogP contribution in [0.15, 0.2) is 54.9 Å². The molecule has 0 aliphatic rings. The van der Waals surface area contributed by atoms with Crippen LogP contribution in [0.2, 0.25) is 0 Å². The van der Waals surface area contributed by atoms with Crippen molar-refractivity contribution in [2.24, 2.45) is 0 Å². The van der Waals surface area contributed by atoms with E-state index in [1.165, 1.54) is 0 Å². The smallest absolute Gasteiger partial charge is 0.255 e. The number of aromatic nitrogens is 2. The lowest BCUT2D eigenvalue weighted by atomic mass is 10.1. The van der Waals surface area contributed by atoms with E-state index in [1.54, 1.807) is 18.3 Å². The van der Waals surface area contributed by atoms with Gasteiger partial charge in [0.05, 0.1) is 26.4 Å². The summed E-state index contributed by atoms with van der Waals surface area (Å²) in [5.41, 5.74) is 2.17. The minimum Gasteiger partial charge on any atom is -0.490 e. The predicted octanol–water partition coefficient (Wildman–Crippen LogP) is 4.38. The summed E-state index contributed by atoms with van der Waals surface area (Å²) in [5, 5.41) is 7.16. The summed E-state index contributed by atoms with van der Waals surface area (Å²) in [4.78, 5) is 12.9. The maximum absolute atomic E-state index is 12.9. The molecule has 1 heterocycles. The Hall–Kier alpha value is -3.48. The van der Waals surface area contributed by atoms with Gasteiger partial charge in [0, 0.05) is 23.6 Å². The van der Waals surface area contributed by atoms with Crippen molar-refractivity contribution in [1.29, 1.82) is 0 Å². The number of rotatable bonds is 10. The number of ether oxygens (including phenoxy) is 3. The zero-order valence-corrected chi connectivity index (χ0v) is 17.6. The van der Waals surface area contributed by atoms with Gasteiger partial charge in [0.15, 0.2) is 11.5 Å². The van der Waals surface area contributed by atoms with Crippen LogP contribution in [0.3, 0.4) is 0 Å². The Balaban J connectivity index is 1.83. The second-order valence-electron chi connectivity index (χ2n) is 6.46. The molecule has 1 aromatic heterocycles. The fourth-order valence-corrected chi connectivity index (χ4v) is 3.05. The van der Waals surface area contributed by atoms with Crippen molar-refractivity contribution in [2.45, 2.75) is 27.3 Å². The van der Waals surface area contributed by atoms with E-state index in [-0.39, 0.29) is 5.91 Å². The molecule has 3 aromatic rings. The van der Waals surface area contributed by atoms with Gasteiger partial charge < -0.3 is 19.5 Å². The molecular weight excluding hydrogens is 382 g/mol. The molecule has 0 aliphatic heterocycles. The third kappa shape index (κ3) is 5.31. The molecule has 0 saturated carbocycles. The van der Waals surface area contributed by atoms with Gasteiger partial charge >= 0.3 is 0 Å². The van der Waals surface area contributed by atoms with Crippen molar-refractivity contribution in [2.75, 3.05) is 25.1 Å². The molecule has 3 rings (SSSR count). The van der Waals surface area contributed by atoms with Crippen LogP contribution in [-0.2, 0) is 6.54 Å². The first-order valence-electron chi connectivity index (χ1n) is 10.1. The lowest BCUT2D eigenvalue weighted by molar-refractivity contribution is 0.102. The van der Waals surface area contributed by atoms with Gasteiger partial charge in [0.1, 0.15) is 0 Å². The Morgan fingerprint density at radius 2 is 1.67 bits per heavy atom. The maximum atomic E-state index is 12.9. The van der Waals surface area contributed by atoms with Crippen LogP contribution < -0.4 is 19.5 Å². The van der Waals surface area contributed by atoms with Gasteiger partial charge in [-0.3, -0.25) is 9.48 Å². The highest BCUT2D eigenvalue weighted by Gasteiger charge is 2.18. The van der Waals surface area contributed by atoms with Crippen molar-refractivity contribution in [3.8, 4) is 17.2 Å². The van der Waals surface area contributed by atoms with E-state index in [0.717, 1.165) is 5.56 Å². The van der Waals surface area contributed by atoms with Crippen molar-refractivity contribution >= 4 is 11.6 Å². The number of hydrogen-bond donors (Lipinski definition) is 1. The van der Waals surface area contributed by atoms with Crippen LogP contribution in [0.4, 0.5) is 5.69 Å². The molecular formula is C23H27N3O4. The monoisotopic (exact) mass is 409 g/mol. The van der Waals surface area contributed by atoms with E-state index in [4.69, 9.17) is 14.2 Å². The Morgan fingerprint density at radius 1 is 0.967 bits per heavy atom. The van der Waals surface area contributed by atoms with Crippen LogP contribution >= 0.6 is 0 Å². The van der Waals surface area contributed by atoms with Crippen molar-refractivity contribution in [3.63, 3.8) is 0 Å². The number of carbonyl (C=O) groups is 1. The molecule has 0 spiro atoms. The number of amides is 1. The van der Waals surface area contributed by atoms with E-state index in [9.17, 15) is 4.79 Å². The third-order valence-electron chi connectivity index (χ3n) is 4.26. The average Bonchev–Trinajstić information content (AvgIpc) is 3.24. The normalized spacial score (nSPS) is 10.5. The van der Waals surface area contributed by atoms with Crippen LogP contribution in [-0.4, -0.2) is 35.5 Å². The molecule has 0 radical (unpaired) electrons. The lowest BCUT2D eigenvalue weighted by Gasteiger charge is -2.17. The molecule has 0 aliphatic carbocycles. The Kier molecular flexibility index (Phi) is 7.32. The van der Waals surface area contributed by atoms with Gasteiger partial charge in [-0.25, -0.2) is 0 Å². The SMILES string of the molecule is CCOc1cc(C(=O)Nc2cccc(Cn3cccn3)c2)cc(OCC)c1OCC. The summed E-state index contributed by atoms with van der Waals surface area (Å²) in [5.74, 6) is 1.24. The molecule has 0 fully saturated rings. The molecule has 0 saturated heterocycles. The summed E-state index contributed by atoms with van der Waals surface area (Å²) >= 11 is 0. The number of carbonyl (C=O) groups excluding carboxylic acids is 1. The van der Waals surface area contributed by atoms with E-state index < -0.39 is 0 Å². The van der Waals surface area contributed by atoms with Crippen molar-refractivity contribution in [3.05, 3.63) is 66.0 Å². The van der Waals surface area contributed by atoms with Gasteiger partial charge in [-0.2, -0.15) is 5.10 Å². The average molecular weight is 409 g/mol. The molecule has 7 nitrogen and oxygen atoms in total. The van der Waals surface area contributed by atoms with Gasteiger partial charge in [0.25, 0.3) is 5.91 Å². The number of hydrogen-bond acceptors (Lipinski definition) is 5. The third-order valence-corrected chi connectivity index (χ3v) is 4.26. The number of anilines is 1. The van der Waals surface area contributed by atoms with E-state index >= 15 is 0 Å². The molecule has 0 unspecified atom stereocenters. The number of nitrogens with zero attached hydrogens (tertiary/aromatic N) is 2. The largest absolute Gasteiger partial charge is 0.490 e. The first-order valence-corrected chi connectivity index (χ1v) is 10.1. The summed E-state index contributed by atoms with van der Waals surface area (Å²) in [7, 11) is 0. The van der Waals surface area contributed by atoms with E-state index in [0.29, 0.717) is 54.9 Å². The minimum absolute atomic E-state index is 0.254. The molecule has 7 heteroatoms. The second-order valence-corrected chi connectivity index (χ2v) is 6.46. The quantitative estimate of drug-likeness (QED) is 0.538. The van der Waals surface area contributed by atoms with Gasteiger partial charge in [-0.15, -0.1) is 0 Å². The van der Waals surface area contributed by atoms with Crippen LogP contribution in [0.25, 0.3) is 0 Å². The molecule has 158 valence electrons.